The van der Waals surface area contributed by atoms with Gasteiger partial charge in [-0.3, -0.25) is 4.79 Å². The zero-order valence-electron chi connectivity index (χ0n) is 16.8. The molecule has 1 amide bonds. The van der Waals surface area contributed by atoms with E-state index in [2.05, 4.69) is 15.3 Å². The Morgan fingerprint density at radius 3 is 2.24 bits per heavy atom. The molecule has 6 nitrogen and oxygen atoms in total. The molecule has 0 aliphatic heterocycles. The van der Waals surface area contributed by atoms with Gasteiger partial charge in [-0.2, -0.15) is 0 Å². The molecule has 3 rings (SSSR count). The smallest absolute Gasteiger partial charge is 0.252 e. The lowest BCUT2D eigenvalue weighted by atomic mass is 9.96. The predicted molar refractivity (Wildman–Crippen MR) is 112 cm³/mol. The number of aromatic nitrogens is 2. The maximum absolute atomic E-state index is 13.0. The van der Waals surface area contributed by atoms with E-state index in [4.69, 9.17) is 0 Å². The van der Waals surface area contributed by atoms with Crippen LogP contribution in [-0.2, 0) is 9.84 Å². The summed E-state index contributed by atoms with van der Waals surface area (Å²) in [7, 11) is -3.49. The van der Waals surface area contributed by atoms with Crippen LogP contribution in [-0.4, -0.2) is 30.5 Å². The molecule has 1 heterocycles. The SMILES string of the molecule is Cc1ncc(C(C)NC(=O)c2cc(S(C)(=O)=O)cc(-c3ccccc3)c2C)cn1. The van der Waals surface area contributed by atoms with Crippen LogP contribution in [0.25, 0.3) is 11.1 Å². The number of carbonyl (C=O) groups excluding carboxylic acids is 1. The van der Waals surface area contributed by atoms with E-state index in [9.17, 15) is 13.2 Å². The quantitative estimate of drug-likeness (QED) is 0.695. The van der Waals surface area contributed by atoms with Gasteiger partial charge in [-0.25, -0.2) is 18.4 Å². The minimum Gasteiger partial charge on any atom is -0.345 e. The number of sulfone groups is 1. The Labute approximate surface area is 171 Å². The number of benzene rings is 2. The minimum absolute atomic E-state index is 0.110. The van der Waals surface area contributed by atoms with E-state index >= 15 is 0 Å². The molecule has 0 radical (unpaired) electrons. The lowest BCUT2D eigenvalue weighted by molar-refractivity contribution is 0.0939. The Balaban J connectivity index is 2.03. The summed E-state index contributed by atoms with van der Waals surface area (Å²) in [5, 5.41) is 2.92. The maximum atomic E-state index is 13.0. The van der Waals surface area contributed by atoms with Crippen LogP contribution in [0.4, 0.5) is 0 Å². The first-order valence-corrected chi connectivity index (χ1v) is 11.1. The highest BCUT2D eigenvalue weighted by atomic mass is 32.2. The van der Waals surface area contributed by atoms with Crippen molar-refractivity contribution in [2.24, 2.45) is 0 Å². The fourth-order valence-corrected chi connectivity index (χ4v) is 3.70. The molecule has 0 spiro atoms. The van der Waals surface area contributed by atoms with Gasteiger partial charge < -0.3 is 5.32 Å². The molecule has 150 valence electrons. The highest BCUT2D eigenvalue weighted by Gasteiger charge is 2.20. The molecule has 1 unspecified atom stereocenters. The Morgan fingerprint density at radius 2 is 1.66 bits per heavy atom. The van der Waals surface area contributed by atoms with E-state index in [1.54, 1.807) is 25.4 Å². The summed E-state index contributed by atoms with van der Waals surface area (Å²) in [4.78, 5) is 21.5. The predicted octanol–water partition coefficient (Wildman–Crippen LogP) is 3.65. The molecule has 1 N–H and O–H groups in total. The van der Waals surface area contributed by atoms with Crippen LogP contribution in [0.5, 0.6) is 0 Å². The number of hydrogen-bond acceptors (Lipinski definition) is 5. The van der Waals surface area contributed by atoms with Crippen LogP contribution in [0.3, 0.4) is 0 Å². The van der Waals surface area contributed by atoms with Crippen molar-refractivity contribution in [3.05, 3.63) is 77.4 Å². The van der Waals surface area contributed by atoms with Crippen LogP contribution in [0.1, 0.15) is 40.3 Å². The number of aryl methyl sites for hydroxylation is 1. The highest BCUT2D eigenvalue weighted by Crippen LogP contribution is 2.29. The third-order valence-corrected chi connectivity index (χ3v) is 5.88. The Hall–Kier alpha value is -3.06. The summed E-state index contributed by atoms with van der Waals surface area (Å²) in [6.07, 6.45) is 4.48. The molecular weight excluding hydrogens is 386 g/mol. The van der Waals surface area contributed by atoms with Gasteiger partial charge in [-0.15, -0.1) is 0 Å². The maximum Gasteiger partial charge on any atom is 0.252 e. The lowest BCUT2D eigenvalue weighted by Crippen LogP contribution is -2.28. The van der Waals surface area contributed by atoms with Gasteiger partial charge in [-0.1, -0.05) is 30.3 Å². The van der Waals surface area contributed by atoms with Crippen LogP contribution < -0.4 is 5.32 Å². The summed E-state index contributed by atoms with van der Waals surface area (Å²) in [5.74, 6) is 0.301. The van der Waals surface area contributed by atoms with Gasteiger partial charge in [0.05, 0.1) is 10.9 Å². The fraction of sp³-hybridized carbons (Fsp3) is 0.227. The Morgan fingerprint density at radius 1 is 1.03 bits per heavy atom. The van der Waals surface area contributed by atoms with Crippen LogP contribution in [0, 0.1) is 13.8 Å². The van der Waals surface area contributed by atoms with Gasteiger partial charge >= 0.3 is 0 Å². The number of nitrogens with zero attached hydrogens (tertiary/aromatic N) is 2. The van der Waals surface area contributed by atoms with Crippen molar-refractivity contribution < 1.29 is 13.2 Å². The lowest BCUT2D eigenvalue weighted by Gasteiger charge is -2.17. The third kappa shape index (κ3) is 4.68. The average molecular weight is 410 g/mol. The first-order valence-electron chi connectivity index (χ1n) is 9.16. The van der Waals surface area contributed by atoms with Crippen molar-refractivity contribution in [2.45, 2.75) is 31.7 Å². The number of hydrogen-bond donors (Lipinski definition) is 1. The van der Waals surface area contributed by atoms with E-state index in [1.807, 2.05) is 44.2 Å². The standard InChI is InChI=1S/C22H23N3O3S/c1-14-20(17-8-6-5-7-9-17)10-19(29(4,27)28)11-21(14)22(26)25-15(2)18-12-23-16(3)24-13-18/h5-13,15H,1-4H3,(H,25,26). The molecule has 29 heavy (non-hydrogen) atoms. The van der Waals surface area contributed by atoms with Crippen LogP contribution in [0.2, 0.25) is 0 Å². The topological polar surface area (TPSA) is 89.0 Å². The number of nitrogens with one attached hydrogen (secondary N) is 1. The van der Waals surface area contributed by atoms with Crippen molar-refractivity contribution in [1.29, 1.82) is 0 Å². The zero-order chi connectivity index (χ0) is 21.2. The molecule has 0 aliphatic carbocycles. The van der Waals surface area contributed by atoms with Crippen LogP contribution in [0.15, 0.2) is 59.8 Å². The van der Waals surface area contributed by atoms with Crippen molar-refractivity contribution in [3.63, 3.8) is 0 Å². The second-order valence-corrected chi connectivity index (χ2v) is 9.06. The molecule has 0 bridgehead atoms. The summed E-state index contributed by atoms with van der Waals surface area (Å²) in [6.45, 7) is 5.45. The molecule has 2 aromatic carbocycles. The first-order chi connectivity index (χ1) is 13.7. The van der Waals surface area contributed by atoms with Gasteiger partial charge in [0.25, 0.3) is 5.91 Å². The molecular formula is C22H23N3O3S. The third-order valence-electron chi connectivity index (χ3n) is 4.79. The van der Waals surface area contributed by atoms with Gasteiger partial charge in [0.15, 0.2) is 9.84 Å². The van der Waals surface area contributed by atoms with Crippen molar-refractivity contribution >= 4 is 15.7 Å². The summed E-state index contributed by atoms with van der Waals surface area (Å²) >= 11 is 0. The summed E-state index contributed by atoms with van der Waals surface area (Å²) < 4.78 is 24.5. The fourth-order valence-electron chi connectivity index (χ4n) is 3.04. The van der Waals surface area contributed by atoms with E-state index in [-0.39, 0.29) is 16.8 Å². The monoisotopic (exact) mass is 409 g/mol. The Bertz CT molecular complexity index is 1140. The Kier molecular flexibility index (Phi) is 5.79. The largest absolute Gasteiger partial charge is 0.345 e. The number of rotatable bonds is 5. The van der Waals surface area contributed by atoms with Crippen molar-refractivity contribution in [1.82, 2.24) is 15.3 Å². The van der Waals surface area contributed by atoms with Crippen molar-refractivity contribution in [3.8, 4) is 11.1 Å². The second-order valence-electron chi connectivity index (χ2n) is 7.04. The number of amides is 1. The summed E-state index contributed by atoms with van der Waals surface area (Å²) in [6, 6.07) is 12.1. The van der Waals surface area contributed by atoms with E-state index in [0.717, 1.165) is 17.4 Å². The van der Waals surface area contributed by atoms with Crippen molar-refractivity contribution in [2.75, 3.05) is 6.26 Å². The number of carbonyl (C=O) groups is 1. The normalized spacial score (nSPS) is 12.4. The molecule has 0 saturated carbocycles. The molecule has 1 atom stereocenters. The zero-order valence-corrected chi connectivity index (χ0v) is 17.6. The van der Waals surface area contributed by atoms with Crippen LogP contribution >= 0.6 is 0 Å². The van der Waals surface area contributed by atoms with Gasteiger partial charge in [0.2, 0.25) is 0 Å². The van der Waals surface area contributed by atoms with Gasteiger partial charge in [0.1, 0.15) is 5.82 Å². The molecule has 1 aromatic heterocycles. The van der Waals surface area contributed by atoms with E-state index in [0.29, 0.717) is 22.5 Å². The molecule has 3 aromatic rings. The molecule has 0 saturated heterocycles. The minimum atomic E-state index is -3.49. The first kappa shape index (κ1) is 20.7. The van der Waals surface area contributed by atoms with Gasteiger partial charge in [-0.05, 0) is 49.6 Å². The van der Waals surface area contributed by atoms with Gasteiger partial charge in [0, 0.05) is 29.8 Å². The van der Waals surface area contributed by atoms with E-state index in [1.165, 1.54) is 6.07 Å². The molecule has 0 aliphatic rings. The summed E-state index contributed by atoms with van der Waals surface area (Å²) in [5.41, 5.74) is 3.37. The molecule has 0 fully saturated rings. The molecule has 7 heteroatoms. The second kappa shape index (κ2) is 8.13. The van der Waals surface area contributed by atoms with E-state index < -0.39 is 9.84 Å². The average Bonchev–Trinajstić information content (AvgIpc) is 2.68. The highest BCUT2D eigenvalue weighted by molar-refractivity contribution is 7.90.